The number of ether oxygens (including phenoxy) is 1. The van der Waals surface area contributed by atoms with Crippen molar-refractivity contribution in [3.8, 4) is 5.75 Å². The monoisotopic (exact) mass is 273 g/mol. The van der Waals surface area contributed by atoms with Crippen molar-refractivity contribution >= 4 is 17.4 Å². The second kappa shape index (κ2) is 6.53. The fraction of sp³-hybridized carbons (Fsp3) is 0.250. The molecule has 0 aliphatic heterocycles. The zero-order chi connectivity index (χ0) is 13.7. The van der Waals surface area contributed by atoms with Gasteiger partial charge in [0.25, 0.3) is 0 Å². The smallest absolute Gasteiger partial charge is 0.119 e. The van der Waals surface area contributed by atoms with Gasteiger partial charge >= 0.3 is 0 Å². The van der Waals surface area contributed by atoms with Crippen molar-refractivity contribution in [1.29, 1.82) is 0 Å². The molecule has 2 rings (SSSR count). The normalized spacial score (nSPS) is 12.1. The molecular formula is C16H19NOS. The maximum absolute atomic E-state index is 6.01. The molecule has 0 bridgehead atoms. The molecule has 1 atom stereocenters. The summed E-state index contributed by atoms with van der Waals surface area (Å²) in [6.07, 6.45) is 1.05. The highest BCUT2D eigenvalue weighted by molar-refractivity contribution is 7.99. The molecule has 2 nitrogen and oxygen atoms in total. The maximum atomic E-state index is 6.01. The number of benzene rings is 2. The summed E-state index contributed by atoms with van der Waals surface area (Å²) in [6, 6.07) is 16.2. The highest BCUT2D eigenvalue weighted by Gasteiger charge is 2.13. The molecule has 2 aromatic rings. The molecule has 0 aliphatic carbocycles. The summed E-state index contributed by atoms with van der Waals surface area (Å²) in [5.41, 5.74) is 8.13. The van der Waals surface area contributed by atoms with E-state index in [1.807, 2.05) is 42.1 Å². The van der Waals surface area contributed by atoms with Crippen LogP contribution in [0.3, 0.4) is 0 Å². The van der Waals surface area contributed by atoms with E-state index >= 15 is 0 Å². The number of para-hydroxylation sites is 1. The average molecular weight is 273 g/mol. The van der Waals surface area contributed by atoms with Crippen LogP contribution in [0.15, 0.2) is 53.4 Å². The number of nitrogens with two attached hydrogens (primary N) is 1. The van der Waals surface area contributed by atoms with Crippen molar-refractivity contribution < 1.29 is 4.74 Å². The van der Waals surface area contributed by atoms with Gasteiger partial charge in [-0.15, -0.1) is 11.8 Å². The first-order valence-electron chi connectivity index (χ1n) is 6.39. The van der Waals surface area contributed by atoms with E-state index in [0.29, 0.717) is 5.25 Å². The Morgan fingerprint density at radius 2 is 1.95 bits per heavy atom. The minimum Gasteiger partial charge on any atom is -0.497 e. The fourth-order valence-corrected chi connectivity index (χ4v) is 3.09. The van der Waals surface area contributed by atoms with Crippen LogP contribution in [0, 0.1) is 0 Å². The number of anilines is 1. The van der Waals surface area contributed by atoms with Crippen molar-refractivity contribution in [3.05, 3.63) is 54.1 Å². The van der Waals surface area contributed by atoms with Crippen molar-refractivity contribution in [2.24, 2.45) is 0 Å². The Kier molecular flexibility index (Phi) is 4.74. The standard InChI is InChI=1S/C16H19NOS/c1-3-15(12-7-6-8-13(11-12)18-2)19-16-10-5-4-9-14(16)17/h4-11,15H,3,17H2,1-2H3/t15-/m0/s1. The molecule has 2 aromatic carbocycles. The molecule has 0 spiro atoms. The summed E-state index contributed by atoms with van der Waals surface area (Å²) < 4.78 is 5.29. The minimum atomic E-state index is 0.389. The predicted octanol–water partition coefficient (Wildman–Crippen LogP) is 4.52. The van der Waals surface area contributed by atoms with Crippen LogP contribution >= 0.6 is 11.8 Å². The van der Waals surface area contributed by atoms with Crippen molar-refractivity contribution in [1.82, 2.24) is 0 Å². The van der Waals surface area contributed by atoms with Gasteiger partial charge < -0.3 is 10.5 Å². The van der Waals surface area contributed by atoms with Gasteiger partial charge in [0.05, 0.1) is 7.11 Å². The van der Waals surface area contributed by atoms with Crippen LogP contribution in [0.25, 0.3) is 0 Å². The number of methoxy groups -OCH3 is 1. The lowest BCUT2D eigenvalue weighted by Gasteiger charge is -2.17. The molecule has 0 saturated carbocycles. The van der Waals surface area contributed by atoms with Gasteiger partial charge in [0.15, 0.2) is 0 Å². The highest BCUT2D eigenvalue weighted by Crippen LogP contribution is 2.40. The van der Waals surface area contributed by atoms with Crippen LogP contribution < -0.4 is 10.5 Å². The lowest BCUT2D eigenvalue weighted by Crippen LogP contribution is -1.95. The Morgan fingerprint density at radius 1 is 1.16 bits per heavy atom. The van der Waals surface area contributed by atoms with Crippen molar-refractivity contribution in [3.63, 3.8) is 0 Å². The molecule has 0 radical (unpaired) electrons. The minimum absolute atomic E-state index is 0.389. The lowest BCUT2D eigenvalue weighted by atomic mass is 10.1. The number of hydrogen-bond donors (Lipinski definition) is 1. The van der Waals surface area contributed by atoms with E-state index in [0.717, 1.165) is 22.8 Å². The third-order valence-corrected chi connectivity index (χ3v) is 4.54. The van der Waals surface area contributed by atoms with Gasteiger partial charge in [0.1, 0.15) is 5.75 Å². The Morgan fingerprint density at radius 3 is 2.63 bits per heavy atom. The molecule has 0 amide bonds. The summed E-state index contributed by atoms with van der Waals surface area (Å²) in [5, 5.41) is 0.389. The molecule has 0 unspecified atom stereocenters. The van der Waals surface area contributed by atoms with Crippen LogP contribution in [-0.4, -0.2) is 7.11 Å². The molecule has 2 N–H and O–H groups in total. The highest BCUT2D eigenvalue weighted by atomic mass is 32.2. The first-order chi connectivity index (χ1) is 9.24. The Bertz CT molecular complexity index is 542. The van der Waals surface area contributed by atoms with E-state index in [1.54, 1.807) is 7.11 Å². The molecule has 3 heteroatoms. The second-order valence-electron chi connectivity index (χ2n) is 4.33. The Hall–Kier alpha value is -1.61. The molecule has 0 saturated heterocycles. The Labute approximate surface area is 119 Å². The van der Waals surface area contributed by atoms with Gasteiger partial charge in [-0.2, -0.15) is 0 Å². The third-order valence-electron chi connectivity index (χ3n) is 3.02. The molecular weight excluding hydrogens is 254 g/mol. The van der Waals surface area contributed by atoms with Gasteiger partial charge in [0, 0.05) is 15.8 Å². The van der Waals surface area contributed by atoms with Gasteiger partial charge in [-0.05, 0) is 36.2 Å². The summed E-state index contributed by atoms with van der Waals surface area (Å²) in [7, 11) is 1.70. The van der Waals surface area contributed by atoms with E-state index in [-0.39, 0.29) is 0 Å². The summed E-state index contributed by atoms with van der Waals surface area (Å²) in [5.74, 6) is 0.901. The third kappa shape index (κ3) is 3.44. The Balaban J connectivity index is 2.22. The topological polar surface area (TPSA) is 35.2 Å². The fourth-order valence-electron chi connectivity index (χ4n) is 1.97. The van der Waals surface area contributed by atoms with Gasteiger partial charge in [-0.25, -0.2) is 0 Å². The summed E-state index contributed by atoms with van der Waals surface area (Å²) in [4.78, 5) is 1.14. The van der Waals surface area contributed by atoms with E-state index in [9.17, 15) is 0 Å². The van der Waals surface area contributed by atoms with E-state index in [1.165, 1.54) is 5.56 Å². The van der Waals surface area contributed by atoms with Crippen LogP contribution in [0.1, 0.15) is 24.2 Å². The molecule has 100 valence electrons. The van der Waals surface area contributed by atoms with E-state index < -0.39 is 0 Å². The zero-order valence-corrected chi connectivity index (χ0v) is 12.1. The summed E-state index contributed by atoms with van der Waals surface area (Å²) in [6.45, 7) is 2.19. The largest absolute Gasteiger partial charge is 0.497 e. The number of thioether (sulfide) groups is 1. The van der Waals surface area contributed by atoms with Crippen molar-refractivity contribution in [2.75, 3.05) is 12.8 Å². The van der Waals surface area contributed by atoms with Crippen molar-refractivity contribution in [2.45, 2.75) is 23.5 Å². The first-order valence-corrected chi connectivity index (χ1v) is 7.27. The maximum Gasteiger partial charge on any atom is 0.119 e. The van der Waals surface area contributed by atoms with Gasteiger partial charge in [0.2, 0.25) is 0 Å². The van der Waals surface area contributed by atoms with Gasteiger partial charge in [-0.3, -0.25) is 0 Å². The second-order valence-corrected chi connectivity index (χ2v) is 5.57. The van der Waals surface area contributed by atoms with Crippen LogP contribution in [0.4, 0.5) is 5.69 Å². The van der Waals surface area contributed by atoms with Crippen LogP contribution in [0.5, 0.6) is 5.75 Å². The van der Waals surface area contributed by atoms with Crippen LogP contribution in [-0.2, 0) is 0 Å². The average Bonchev–Trinajstić information content (AvgIpc) is 2.46. The number of nitrogen functional groups attached to an aromatic ring is 1. The molecule has 0 fully saturated rings. The zero-order valence-electron chi connectivity index (χ0n) is 11.3. The number of rotatable bonds is 5. The van der Waals surface area contributed by atoms with Crippen LogP contribution in [0.2, 0.25) is 0 Å². The van der Waals surface area contributed by atoms with E-state index in [4.69, 9.17) is 10.5 Å². The molecule has 0 heterocycles. The molecule has 0 aromatic heterocycles. The quantitative estimate of drug-likeness (QED) is 0.642. The van der Waals surface area contributed by atoms with E-state index in [2.05, 4.69) is 25.1 Å². The first kappa shape index (κ1) is 13.8. The SMILES string of the molecule is CC[C@H](Sc1ccccc1N)c1cccc(OC)c1. The molecule has 0 aliphatic rings. The number of hydrogen-bond acceptors (Lipinski definition) is 3. The molecule has 19 heavy (non-hydrogen) atoms. The lowest BCUT2D eigenvalue weighted by molar-refractivity contribution is 0.414. The predicted molar refractivity (Wildman–Crippen MR) is 82.7 cm³/mol. The van der Waals surface area contributed by atoms with Gasteiger partial charge in [-0.1, -0.05) is 31.2 Å². The summed E-state index contributed by atoms with van der Waals surface area (Å²) >= 11 is 1.81.